The van der Waals surface area contributed by atoms with Crippen LogP contribution in [0, 0.1) is 5.92 Å². The molecule has 0 heterocycles. The molecule has 1 saturated carbocycles. The number of hydrogen-bond acceptors (Lipinski definition) is 2. The lowest BCUT2D eigenvalue weighted by Crippen LogP contribution is -2.35. The second-order valence-electron chi connectivity index (χ2n) is 6.14. The van der Waals surface area contributed by atoms with Crippen molar-refractivity contribution in [1.29, 1.82) is 0 Å². The van der Waals surface area contributed by atoms with Gasteiger partial charge in [-0.3, -0.25) is 0 Å². The van der Waals surface area contributed by atoms with Crippen LogP contribution in [0.15, 0.2) is 24.3 Å². The maximum absolute atomic E-state index is 5.46. The molecule has 2 rings (SSSR count). The van der Waals surface area contributed by atoms with Crippen molar-refractivity contribution in [2.24, 2.45) is 5.92 Å². The SMILES string of the molecule is CCCC1CCC(N[C@H](C)c2ccccc2OC)CC1. The van der Waals surface area contributed by atoms with Crippen LogP contribution < -0.4 is 10.1 Å². The first-order valence-corrected chi connectivity index (χ1v) is 8.13. The third kappa shape index (κ3) is 3.99. The first kappa shape index (κ1) is 15.4. The zero-order valence-corrected chi connectivity index (χ0v) is 13.2. The van der Waals surface area contributed by atoms with Crippen molar-refractivity contribution in [1.82, 2.24) is 5.32 Å². The van der Waals surface area contributed by atoms with Gasteiger partial charge in [-0.25, -0.2) is 0 Å². The van der Waals surface area contributed by atoms with Crippen molar-refractivity contribution in [2.45, 2.75) is 64.5 Å². The Kier molecular flexibility index (Phi) is 5.90. The van der Waals surface area contributed by atoms with Crippen LogP contribution in [0.5, 0.6) is 5.75 Å². The van der Waals surface area contributed by atoms with Gasteiger partial charge in [-0.15, -0.1) is 0 Å². The molecule has 0 spiro atoms. The van der Waals surface area contributed by atoms with E-state index in [9.17, 15) is 0 Å². The van der Waals surface area contributed by atoms with Crippen molar-refractivity contribution < 1.29 is 4.74 Å². The van der Waals surface area contributed by atoms with Crippen molar-refractivity contribution in [2.75, 3.05) is 7.11 Å². The predicted molar refractivity (Wildman–Crippen MR) is 85.2 cm³/mol. The zero-order chi connectivity index (χ0) is 14.4. The Hall–Kier alpha value is -1.02. The van der Waals surface area contributed by atoms with Crippen molar-refractivity contribution in [3.8, 4) is 5.75 Å². The number of hydrogen-bond donors (Lipinski definition) is 1. The fourth-order valence-corrected chi connectivity index (χ4v) is 3.49. The second kappa shape index (κ2) is 7.68. The summed E-state index contributed by atoms with van der Waals surface area (Å²) in [6, 6.07) is 9.37. The molecular formula is C18H29NO. The minimum absolute atomic E-state index is 0.360. The van der Waals surface area contributed by atoms with Crippen LogP contribution in [-0.4, -0.2) is 13.2 Å². The van der Waals surface area contributed by atoms with Gasteiger partial charge in [0.15, 0.2) is 0 Å². The molecule has 0 saturated heterocycles. The van der Waals surface area contributed by atoms with Crippen molar-refractivity contribution in [3.63, 3.8) is 0 Å². The van der Waals surface area contributed by atoms with Crippen LogP contribution in [0.3, 0.4) is 0 Å². The highest BCUT2D eigenvalue weighted by atomic mass is 16.5. The summed E-state index contributed by atoms with van der Waals surface area (Å²) < 4.78 is 5.46. The number of methoxy groups -OCH3 is 1. The Labute approximate surface area is 123 Å². The summed E-state index contributed by atoms with van der Waals surface area (Å²) in [4.78, 5) is 0. The third-order valence-electron chi connectivity index (χ3n) is 4.63. The topological polar surface area (TPSA) is 21.3 Å². The van der Waals surface area contributed by atoms with E-state index in [2.05, 4.69) is 31.3 Å². The highest BCUT2D eigenvalue weighted by molar-refractivity contribution is 5.35. The van der Waals surface area contributed by atoms with Crippen LogP contribution in [0.25, 0.3) is 0 Å². The van der Waals surface area contributed by atoms with Crippen LogP contribution in [0.2, 0.25) is 0 Å². The lowest BCUT2D eigenvalue weighted by atomic mass is 9.83. The van der Waals surface area contributed by atoms with E-state index in [1.54, 1.807) is 7.11 Å². The maximum Gasteiger partial charge on any atom is 0.123 e. The van der Waals surface area contributed by atoms with Gasteiger partial charge >= 0.3 is 0 Å². The highest BCUT2D eigenvalue weighted by Crippen LogP contribution is 2.30. The van der Waals surface area contributed by atoms with Gasteiger partial charge in [0, 0.05) is 17.6 Å². The van der Waals surface area contributed by atoms with Gasteiger partial charge in [0.1, 0.15) is 5.75 Å². The van der Waals surface area contributed by atoms with Crippen LogP contribution in [0.4, 0.5) is 0 Å². The quantitative estimate of drug-likeness (QED) is 0.812. The van der Waals surface area contributed by atoms with Gasteiger partial charge in [0.2, 0.25) is 0 Å². The number of nitrogens with one attached hydrogen (secondary N) is 1. The Bertz CT molecular complexity index is 396. The normalized spacial score (nSPS) is 24.4. The summed E-state index contributed by atoms with van der Waals surface area (Å²) in [7, 11) is 1.75. The van der Waals surface area contributed by atoms with E-state index < -0.39 is 0 Å². The molecule has 0 unspecified atom stereocenters. The molecule has 0 aliphatic heterocycles. The van der Waals surface area contributed by atoms with Gasteiger partial charge in [-0.1, -0.05) is 38.0 Å². The van der Waals surface area contributed by atoms with E-state index >= 15 is 0 Å². The fraction of sp³-hybridized carbons (Fsp3) is 0.667. The number of para-hydroxylation sites is 1. The fourth-order valence-electron chi connectivity index (χ4n) is 3.49. The van der Waals surface area contributed by atoms with Gasteiger partial charge in [0.05, 0.1) is 7.11 Å². The number of rotatable bonds is 6. The molecule has 2 nitrogen and oxygen atoms in total. The highest BCUT2D eigenvalue weighted by Gasteiger charge is 2.22. The first-order chi connectivity index (χ1) is 9.74. The summed E-state index contributed by atoms with van der Waals surface area (Å²) in [5.74, 6) is 1.96. The molecule has 1 aromatic rings. The summed E-state index contributed by atoms with van der Waals surface area (Å²) in [6.45, 7) is 4.55. The Morgan fingerprint density at radius 2 is 1.90 bits per heavy atom. The average Bonchev–Trinajstić information content (AvgIpc) is 2.49. The number of ether oxygens (including phenoxy) is 1. The van der Waals surface area contributed by atoms with Gasteiger partial charge < -0.3 is 10.1 Å². The molecule has 0 radical (unpaired) electrons. The van der Waals surface area contributed by atoms with Gasteiger partial charge in [-0.05, 0) is 44.6 Å². The average molecular weight is 275 g/mol. The van der Waals surface area contributed by atoms with E-state index in [4.69, 9.17) is 4.74 Å². The van der Waals surface area contributed by atoms with Crippen LogP contribution >= 0.6 is 0 Å². The third-order valence-corrected chi connectivity index (χ3v) is 4.63. The lowest BCUT2D eigenvalue weighted by Gasteiger charge is -2.31. The Morgan fingerprint density at radius 1 is 1.20 bits per heavy atom. The lowest BCUT2D eigenvalue weighted by molar-refractivity contribution is 0.265. The Morgan fingerprint density at radius 3 is 2.55 bits per heavy atom. The van der Waals surface area contributed by atoms with E-state index in [1.165, 1.54) is 44.1 Å². The smallest absolute Gasteiger partial charge is 0.123 e. The summed E-state index contributed by atoms with van der Waals surface area (Å²) in [5, 5.41) is 3.79. The van der Waals surface area contributed by atoms with Crippen LogP contribution in [0.1, 0.15) is 64.0 Å². The largest absolute Gasteiger partial charge is 0.496 e. The Balaban J connectivity index is 1.87. The summed E-state index contributed by atoms with van der Waals surface area (Å²) in [6.07, 6.45) is 8.18. The first-order valence-electron chi connectivity index (χ1n) is 8.13. The molecule has 1 aliphatic rings. The molecule has 1 aromatic carbocycles. The molecule has 0 bridgehead atoms. The molecule has 1 atom stereocenters. The summed E-state index contributed by atoms with van der Waals surface area (Å²) >= 11 is 0. The second-order valence-corrected chi connectivity index (χ2v) is 6.14. The van der Waals surface area contributed by atoms with Gasteiger partial charge in [0.25, 0.3) is 0 Å². The monoisotopic (exact) mass is 275 g/mol. The van der Waals surface area contributed by atoms with E-state index in [0.29, 0.717) is 12.1 Å². The molecule has 20 heavy (non-hydrogen) atoms. The molecule has 1 aliphatic carbocycles. The summed E-state index contributed by atoms with van der Waals surface area (Å²) in [5.41, 5.74) is 1.27. The molecule has 1 N–H and O–H groups in total. The maximum atomic E-state index is 5.46. The number of benzene rings is 1. The predicted octanol–water partition coefficient (Wildman–Crippen LogP) is 4.70. The molecule has 0 amide bonds. The molecule has 1 fully saturated rings. The molecule has 112 valence electrons. The van der Waals surface area contributed by atoms with Crippen LogP contribution in [-0.2, 0) is 0 Å². The van der Waals surface area contributed by atoms with E-state index in [1.807, 2.05) is 12.1 Å². The molecular weight excluding hydrogens is 246 g/mol. The van der Waals surface area contributed by atoms with Crippen molar-refractivity contribution >= 4 is 0 Å². The molecule has 2 heteroatoms. The standard InChI is InChI=1S/C18H29NO/c1-4-7-15-10-12-16(13-11-15)19-14(2)17-8-5-6-9-18(17)20-3/h5-6,8-9,14-16,19H,4,7,10-13H2,1-3H3/t14-,15?,16?/m1/s1. The van der Waals surface area contributed by atoms with E-state index in [0.717, 1.165) is 11.7 Å². The zero-order valence-electron chi connectivity index (χ0n) is 13.2. The van der Waals surface area contributed by atoms with E-state index in [-0.39, 0.29) is 0 Å². The van der Waals surface area contributed by atoms with Gasteiger partial charge in [-0.2, -0.15) is 0 Å². The van der Waals surface area contributed by atoms with Crippen molar-refractivity contribution in [3.05, 3.63) is 29.8 Å². The minimum Gasteiger partial charge on any atom is -0.496 e. The minimum atomic E-state index is 0.360. The molecule has 0 aromatic heterocycles.